The van der Waals surface area contributed by atoms with Crippen LogP contribution < -0.4 is 10.1 Å². The quantitative estimate of drug-likeness (QED) is 0.726. The second-order valence-corrected chi connectivity index (χ2v) is 7.19. The van der Waals surface area contributed by atoms with Crippen molar-refractivity contribution in [3.63, 3.8) is 0 Å². The predicted octanol–water partition coefficient (Wildman–Crippen LogP) is 3.66. The maximum atomic E-state index is 12.5. The van der Waals surface area contributed by atoms with Crippen molar-refractivity contribution in [2.24, 2.45) is 5.92 Å². The van der Waals surface area contributed by atoms with Gasteiger partial charge in [-0.05, 0) is 57.1 Å². The number of thiazole rings is 1. The molecule has 1 aromatic heterocycles. The Hall–Kier alpha value is -1.34. The monoisotopic (exact) mass is 431 g/mol. The second kappa shape index (κ2) is 11.5. The van der Waals surface area contributed by atoms with Crippen LogP contribution in [0.3, 0.4) is 0 Å². The molecular formula is C19H27Cl2N3O2S. The van der Waals surface area contributed by atoms with E-state index in [1.807, 2.05) is 48.5 Å². The van der Waals surface area contributed by atoms with Gasteiger partial charge in [-0.15, -0.1) is 36.2 Å². The molecule has 2 aromatic rings. The van der Waals surface area contributed by atoms with E-state index in [4.69, 9.17) is 4.74 Å². The fourth-order valence-corrected chi connectivity index (χ4v) is 3.99. The van der Waals surface area contributed by atoms with Crippen molar-refractivity contribution in [3.05, 3.63) is 35.3 Å². The Morgan fingerprint density at radius 2 is 2.07 bits per heavy atom. The molecule has 27 heavy (non-hydrogen) atoms. The molecule has 1 amide bonds. The molecule has 1 N–H and O–H groups in total. The number of ether oxygens (including phenoxy) is 1. The van der Waals surface area contributed by atoms with Gasteiger partial charge in [0, 0.05) is 24.0 Å². The van der Waals surface area contributed by atoms with Gasteiger partial charge in [-0.3, -0.25) is 4.79 Å². The van der Waals surface area contributed by atoms with E-state index in [1.165, 1.54) is 0 Å². The van der Waals surface area contributed by atoms with Crippen LogP contribution in [0.5, 0.6) is 5.75 Å². The first-order valence-corrected chi connectivity index (χ1v) is 9.67. The number of carbonyl (C=O) groups excluding carboxylic acids is 1. The van der Waals surface area contributed by atoms with E-state index in [-0.39, 0.29) is 30.7 Å². The Morgan fingerprint density at radius 1 is 1.33 bits per heavy atom. The van der Waals surface area contributed by atoms with Crippen LogP contribution in [0.1, 0.15) is 19.0 Å². The first-order valence-electron chi connectivity index (χ1n) is 8.79. The van der Waals surface area contributed by atoms with Crippen LogP contribution in [0.2, 0.25) is 0 Å². The van der Waals surface area contributed by atoms with Crippen molar-refractivity contribution in [1.29, 1.82) is 0 Å². The van der Waals surface area contributed by atoms with Crippen LogP contribution in [0, 0.1) is 5.92 Å². The van der Waals surface area contributed by atoms with Gasteiger partial charge >= 0.3 is 0 Å². The normalized spacial score (nSPS) is 15.8. The molecule has 2 heterocycles. The lowest BCUT2D eigenvalue weighted by Crippen LogP contribution is -2.31. The van der Waals surface area contributed by atoms with Crippen LogP contribution in [-0.2, 0) is 11.2 Å². The zero-order valence-corrected chi connectivity index (χ0v) is 18.1. The summed E-state index contributed by atoms with van der Waals surface area (Å²) in [5.74, 6) is 1.62. The number of halogens is 2. The van der Waals surface area contributed by atoms with Crippen molar-refractivity contribution >= 4 is 42.1 Å². The highest BCUT2D eigenvalue weighted by molar-refractivity contribution is 7.13. The van der Waals surface area contributed by atoms with Crippen LogP contribution >= 0.6 is 36.2 Å². The summed E-state index contributed by atoms with van der Waals surface area (Å²) in [5.41, 5.74) is 1.92. The van der Waals surface area contributed by atoms with Gasteiger partial charge in [0.05, 0.1) is 18.7 Å². The molecule has 0 aliphatic carbocycles. The van der Waals surface area contributed by atoms with Crippen LogP contribution in [-0.4, -0.2) is 49.1 Å². The summed E-state index contributed by atoms with van der Waals surface area (Å²) >= 11 is 1.58. The molecule has 0 spiro atoms. The minimum atomic E-state index is 0. The fraction of sp³-hybridized carbons (Fsp3) is 0.474. The first kappa shape index (κ1) is 23.7. The van der Waals surface area contributed by atoms with Gasteiger partial charge in [-0.1, -0.05) is 0 Å². The maximum Gasteiger partial charge on any atom is 0.228 e. The van der Waals surface area contributed by atoms with Crippen molar-refractivity contribution in [3.8, 4) is 16.3 Å². The average molecular weight is 432 g/mol. The minimum absolute atomic E-state index is 0. The Kier molecular flexibility index (Phi) is 10.1. The van der Waals surface area contributed by atoms with Gasteiger partial charge < -0.3 is 15.0 Å². The van der Waals surface area contributed by atoms with Gasteiger partial charge in [0.25, 0.3) is 0 Å². The molecular weight excluding hydrogens is 405 g/mol. The van der Waals surface area contributed by atoms with E-state index in [1.54, 1.807) is 11.3 Å². The molecule has 0 bridgehead atoms. The summed E-state index contributed by atoms with van der Waals surface area (Å²) < 4.78 is 5.47. The molecule has 0 saturated carbocycles. The smallest absolute Gasteiger partial charge is 0.228 e. The van der Waals surface area contributed by atoms with Crippen LogP contribution in [0.4, 0.5) is 0 Å². The van der Waals surface area contributed by atoms with Gasteiger partial charge in [0.1, 0.15) is 10.8 Å². The highest BCUT2D eigenvalue weighted by Gasteiger charge is 2.26. The van der Waals surface area contributed by atoms with Gasteiger partial charge in [0.2, 0.25) is 5.91 Å². The average Bonchev–Trinajstić information content (AvgIpc) is 3.26. The third-order valence-corrected chi connectivity index (χ3v) is 5.37. The number of carbonyl (C=O) groups is 1. The first-order chi connectivity index (χ1) is 12.2. The van der Waals surface area contributed by atoms with E-state index in [0.29, 0.717) is 18.9 Å². The van der Waals surface area contributed by atoms with Gasteiger partial charge in [-0.25, -0.2) is 4.98 Å². The number of aromatic nitrogens is 1. The summed E-state index contributed by atoms with van der Waals surface area (Å²) in [5, 5.41) is 6.13. The second-order valence-electron chi connectivity index (χ2n) is 6.33. The number of rotatable bonds is 7. The van der Waals surface area contributed by atoms with Gasteiger partial charge in [0.15, 0.2) is 0 Å². The lowest BCUT2D eigenvalue weighted by molar-refractivity contribution is -0.129. The Labute approximate surface area is 177 Å². The number of likely N-dealkylation sites (tertiary alicyclic amines) is 1. The Balaban J connectivity index is 0.00000182. The van der Waals surface area contributed by atoms with Crippen molar-refractivity contribution in [1.82, 2.24) is 15.2 Å². The minimum Gasteiger partial charge on any atom is -0.494 e. The number of hydrogen-bond donors (Lipinski definition) is 1. The lowest BCUT2D eigenvalue weighted by Gasteiger charge is -2.15. The standard InChI is InChI=1S/C19H25N3O2S.2ClH/c1-3-24-17-6-4-15(5-7-17)19-21-16(13-25-19)10-18(23)22-9-8-14(12-22)11-20-2;;/h4-7,13-14,20H,3,8-12H2,1-2H3;2*1H. The Morgan fingerprint density at radius 3 is 2.74 bits per heavy atom. The summed E-state index contributed by atoms with van der Waals surface area (Å²) in [7, 11) is 1.96. The zero-order chi connectivity index (χ0) is 17.6. The molecule has 1 aliphatic rings. The molecule has 1 atom stereocenters. The highest BCUT2D eigenvalue weighted by Crippen LogP contribution is 2.26. The number of hydrogen-bond acceptors (Lipinski definition) is 5. The van der Waals surface area contributed by atoms with Crippen molar-refractivity contribution in [2.45, 2.75) is 19.8 Å². The molecule has 150 valence electrons. The van der Waals surface area contributed by atoms with Crippen LogP contribution in [0.15, 0.2) is 29.6 Å². The number of nitrogens with zero attached hydrogens (tertiary/aromatic N) is 2. The Bertz CT molecular complexity index is 709. The maximum absolute atomic E-state index is 12.5. The lowest BCUT2D eigenvalue weighted by atomic mass is 10.1. The number of nitrogens with one attached hydrogen (secondary N) is 1. The van der Waals surface area contributed by atoms with E-state index >= 15 is 0 Å². The molecule has 8 heteroatoms. The van der Waals surface area contributed by atoms with E-state index in [9.17, 15) is 4.79 Å². The summed E-state index contributed by atoms with van der Waals surface area (Å²) in [6, 6.07) is 7.94. The molecule has 1 unspecified atom stereocenters. The summed E-state index contributed by atoms with van der Waals surface area (Å²) in [6.07, 6.45) is 1.47. The molecule has 1 fully saturated rings. The van der Waals surface area contributed by atoms with E-state index in [0.717, 1.165) is 48.1 Å². The highest BCUT2D eigenvalue weighted by atomic mass is 35.5. The third-order valence-electron chi connectivity index (χ3n) is 4.43. The molecule has 1 aromatic carbocycles. The topological polar surface area (TPSA) is 54.5 Å². The largest absolute Gasteiger partial charge is 0.494 e. The summed E-state index contributed by atoms with van der Waals surface area (Å²) in [6.45, 7) is 5.33. The molecule has 1 aliphatic heterocycles. The van der Waals surface area contributed by atoms with E-state index < -0.39 is 0 Å². The molecule has 1 saturated heterocycles. The SMILES string of the molecule is CCOc1ccc(-c2nc(CC(=O)N3CCC(CNC)C3)cs2)cc1.Cl.Cl. The van der Waals surface area contributed by atoms with Crippen molar-refractivity contribution < 1.29 is 9.53 Å². The van der Waals surface area contributed by atoms with Crippen LogP contribution in [0.25, 0.3) is 10.6 Å². The summed E-state index contributed by atoms with van der Waals surface area (Å²) in [4.78, 5) is 19.1. The fourth-order valence-electron chi connectivity index (χ4n) is 3.16. The van der Waals surface area contributed by atoms with Gasteiger partial charge in [-0.2, -0.15) is 0 Å². The number of benzene rings is 1. The van der Waals surface area contributed by atoms with E-state index in [2.05, 4.69) is 10.3 Å². The zero-order valence-electron chi connectivity index (χ0n) is 15.6. The third kappa shape index (κ3) is 6.35. The predicted molar refractivity (Wildman–Crippen MR) is 116 cm³/mol. The molecule has 5 nitrogen and oxygen atoms in total. The molecule has 0 radical (unpaired) electrons. The number of amides is 1. The molecule has 3 rings (SSSR count). The van der Waals surface area contributed by atoms with Crippen molar-refractivity contribution in [2.75, 3.05) is 33.3 Å².